The average molecular weight is 278 g/mol. The van der Waals surface area contributed by atoms with Gasteiger partial charge in [-0.15, -0.1) is 0 Å². The Balaban J connectivity index is 1.59. The fourth-order valence-electron chi connectivity index (χ4n) is 3.64. The fourth-order valence-corrected chi connectivity index (χ4v) is 4.30. The second kappa shape index (κ2) is 6.38. The summed E-state index contributed by atoms with van der Waals surface area (Å²) in [5, 5.41) is 8.30. The van der Waals surface area contributed by atoms with Crippen LogP contribution in [-0.2, 0) is 6.54 Å². The summed E-state index contributed by atoms with van der Waals surface area (Å²) < 4.78 is 0. The third-order valence-electron chi connectivity index (χ3n) is 4.91. The Kier molecular flexibility index (Phi) is 4.57. The van der Waals surface area contributed by atoms with Crippen LogP contribution in [0.2, 0.25) is 0 Å². The summed E-state index contributed by atoms with van der Waals surface area (Å²) in [5.74, 6) is 0.922. The SMILES string of the molecule is CC1CNC(C2CCCCC2)CN1Cc1ccsc1. The minimum absolute atomic E-state index is 0.666. The largest absolute Gasteiger partial charge is 0.311 e. The zero-order chi connectivity index (χ0) is 13.1. The standard InChI is InChI=1S/C16H26N2S/c1-13-9-17-16(15-5-3-2-4-6-15)11-18(13)10-14-7-8-19-12-14/h7-8,12-13,15-17H,2-6,9-11H2,1H3. The van der Waals surface area contributed by atoms with E-state index in [4.69, 9.17) is 0 Å². The highest BCUT2D eigenvalue weighted by Gasteiger charge is 2.30. The van der Waals surface area contributed by atoms with Crippen LogP contribution in [0.3, 0.4) is 0 Å². The first-order chi connectivity index (χ1) is 9.33. The van der Waals surface area contributed by atoms with Crippen molar-refractivity contribution in [1.29, 1.82) is 0 Å². The molecule has 2 atom stereocenters. The van der Waals surface area contributed by atoms with Crippen molar-refractivity contribution in [3.8, 4) is 0 Å². The molecule has 1 N–H and O–H groups in total. The van der Waals surface area contributed by atoms with Gasteiger partial charge < -0.3 is 5.32 Å². The van der Waals surface area contributed by atoms with Crippen molar-refractivity contribution in [3.63, 3.8) is 0 Å². The first kappa shape index (κ1) is 13.6. The summed E-state index contributed by atoms with van der Waals surface area (Å²) in [5.41, 5.74) is 1.49. The summed E-state index contributed by atoms with van der Waals surface area (Å²) in [4.78, 5) is 2.68. The first-order valence-corrected chi connectivity index (χ1v) is 8.76. The van der Waals surface area contributed by atoms with Gasteiger partial charge in [0.1, 0.15) is 0 Å². The maximum Gasteiger partial charge on any atom is 0.0246 e. The van der Waals surface area contributed by atoms with Gasteiger partial charge in [-0.1, -0.05) is 19.3 Å². The monoisotopic (exact) mass is 278 g/mol. The highest BCUT2D eigenvalue weighted by atomic mass is 32.1. The van der Waals surface area contributed by atoms with Gasteiger partial charge in [0.25, 0.3) is 0 Å². The molecule has 2 aliphatic rings. The van der Waals surface area contributed by atoms with Crippen molar-refractivity contribution in [1.82, 2.24) is 10.2 Å². The van der Waals surface area contributed by atoms with Crippen molar-refractivity contribution < 1.29 is 0 Å². The molecule has 2 nitrogen and oxygen atoms in total. The molecule has 0 amide bonds. The van der Waals surface area contributed by atoms with E-state index in [0.29, 0.717) is 6.04 Å². The van der Waals surface area contributed by atoms with Crippen LogP contribution in [-0.4, -0.2) is 30.1 Å². The van der Waals surface area contributed by atoms with Gasteiger partial charge in [0.2, 0.25) is 0 Å². The maximum absolute atomic E-state index is 3.81. The molecule has 3 rings (SSSR count). The molecule has 0 bridgehead atoms. The van der Waals surface area contributed by atoms with Crippen molar-refractivity contribution in [2.75, 3.05) is 13.1 Å². The third kappa shape index (κ3) is 3.39. The van der Waals surface area contributed by atoms with E-state index in [1.54, 1.807) is 0 Å². The lowest BCUT2D eigenvalue weighted by atomic mass is 9.82. The Bertz CT molecular complexity index is 370. The first-order valence-electron chi connectivity index (χ1n) is 7.81. The Hall–Kier alpha value is -0.380. The highest BCUT2D eigenvalue weighted by molar-refractivity contribution is 7.07. The van der Waals surface area contributed by atoms with E-state index >= 15 is 0 Å². The minimum atomic E-state index is 0.666. The molecular weight excluding hydrogens is 252 g/mol. The predicted octanol–water partition coefficient (Wildman–Crippen LogP) is 3.49. The van der Waals surface area contributed by atoms with E-state index in [1.165, 1.54) is 44.2 Å². The second-order valence-electron chi connectivity index (χ2n) is 6.32. The number of thiophene rings is 1. The Morgan fingerprint density at radius 3 is 2.89 bits per heavy atom. The molecule has 2 unspecified atom stereocenters. The topological polar surface area (TPSA) is 15.3 Å². The molecule has 1 aromatic heterocycles. The van der Waals surface area contributed by atoms with Gasteiger partial charge in [-0.3, -0.25) is 4.90 Å². The van der Waals surface area contributed by atoms with Crippen LogP contribution >= 0.6 is 11.3 Å². The van der Waals surface area contributed by atoms with E-state index in [9.17, 15) is 0 Å². The van der Waals surface area contributed by atoms with Crippen LogP contribution in [0.15, 0.2) is 16.8 Å². The van der Waals surface area contributed by atoms with Gasteiger partial charge in [0, 0.05) is 31.7 Å². The van der Waals surface area contributed by atoms with Gasteiger partial charge in [-0.05, 0) is 48.1 Å². The molecule has 1 aliphatic heterocycles. The van der Waals surface area contributed by atoms with Gasteiger partial charge >= 0.3 is 0 Å². The molecule has 2 heterocycles. The molecule has 3 heteroatoms. The molecule has 0 aromatic carbocycles. The molecule has 1 saturated carbocycles. The molecule has 0 spiro atoms. The van der Waals surface area contributed by atoms with Crippen molar-refractivity contribution in [2.24, 2.45) is 5.92 Å². The number of piperazine rings is 1. The van der Waals surface area contributed by atoms with Crippen LogP contribution in [0.4, 0.5) is 0 Å². The molecule has 1 aliphatic carbocycles. The molecule has 1 saturated heterocycles. The van der Waals surface area contributed by atoms with Crippen molar-refractivity contribution in [2.45, 2.75) is 57.7 Å². The minimum Gasteiger partial charge on any atom is -0.311 e. The van der Waals surface area contributed by atoms with E-state index < -0.39 is 0 Å². The second-order valence-corrected chi connectivity index (χ2v) is 7.10. The fraction of sp³-hybridized carbons (Fsp3) is 0.750. The van der Waals surface area contributed by atoms with Crippen LogP contribution in [0.25, 0.3) is 0 Å². The lowest BCUT2D eigenvalue weighted by molar-refractivity contribution is 0.0982. The lowest BCUT2D eigenvalue weighted by Crippen LogP contribution is -2.57. The average Bonchev–Trinajstić information content (AvgIpc) is 2.95. The van der Waals surface area contributed by atoms with E-state index in [1.807, 2.05) is 11.3 Å². The van der Waals surface area contributed by atoms with Crippen LogP contribution in [0.1, 0.15) is 44.6 Å². The summed E-state index contributed by atoms with van der Waals surface area (Å²) in [6.07, 6.45) is 7.24. The molecule has 106 valence electrons. The Labute approximate surface area is 121 Å². The number of hydrogen-bond acceptors (Lipinski definition) is 3. The zero-order valence-corrected chi connectivity index (χ0v) is 12.8. The van der Waals surface area contributed by atoms with Crippen LogP contribution < -0.4 is 5.32 Å². The quantitative estimate of drug-likeness (QED) is 0.910. The lowest BCUT2D eigenvalue weighted by Gasteiger charge is -2.42. The van der Waals surface area contributed by atoms with Gasteiger partial charge in [0.05, 0.1) is 0 Å². The van der Waals surface area contributed by atoms with Crippen LogP contribution in [0, 0.1) is 5.92 Å². The smallest absolute Gasteiger partial charge is 0.0246 e. The summed E-state index contributed by atoms with van der Waals surface area (Å²) in [6.45, 7) is 5.89. The zero-order valence-electron chi connectivity index (χ0n) is 12.0. The summed E-state index contributed by atoms with van der Waals surface area (Å²) in [6, 6.07) is 3.67. The Morgan fingerprint density at radius 2 is 2.16 bits per heavy atom. The normalized spacial score (nSPS) is 30.6. The third-order valence-corrected chi connectivity index (χ3v) is 5.65. The molecular formula is C16H26N2S. The number of nitrogens with zero attached hydrogens (tertiary/aromatic N) is 1. The molecule has 1 aromatic rings. The van der Waals surface area contributed by atoms with Crippen molar-refractivity contribution in [3.05, 3.63) is 22.4 Å². The molecule has 19 heavy (non-hydrogen) atoms. The van der Waals surface area contributed by atoms with Gasteiger partial charge in [-0.25, -0.2) is 0 Å². The highest BCUT2D eigenvalue weighted by Crippen LogP contribution is 2.28. The molecule has 2 fully saturated rings. The predicted molar refractivity (Wildman–Crippen MR) is 82.6 cm³/mol. The Morgan fingerprint density at radius 1 is 1.32 bits per heavy atom. The van der Waals surface area contributed by atoms with E-state index in [2.05, 4.69) is 34.0 Å². The van der Waals surface area contributed by atoms with E-state index in [-0.39, 0.29) is 0 Å². The maximum atomic E-state index is 3.81. The summed E-state index contributed by atoms with van der Waals surface area (Å²) >= 11 is 1.82. The number of nitrogens with one attached hydrogen (secondary N) is 1. The number of rotatable bonds is 3. The summed E-state index contributed by atoms with van der Waals surface area (Å²) in [7, 11) is 0. The van der Waals surface area contributed by atoms with E-state index in [0.717, 1.165) is 25.0 Å². The van der Waals surface area contributed by atoms with Gasteiger partial charge in [0.15, 0.2) is 0 Å². The van der Waals surface area contributed by atoms with Crippen LogP contribution in [0.5, 0.6) is 0 Å². The van der Waals surface area contributed by atoms with Crippen molar-refractivity contribution >= 4 is 11.3 Å². The molecule has 0 radical (unpaired) electrons. The van der Waals surface area contributed by atoms with Gasteiger partial charge in [-0.2, -0.15) is 11.3 Å². The number of hydrogen-bond donors (Lipinski definition) is 1.